The van der Waals surface area contributed by atoms with Gasteiger partial charge in [0.25, 0.3) is 0 Å². The maximum Gasteiger partial charge on any atom is 0.407 e. The van der Waals surface area contributed by atoms with Gasteiger partial charge in [0.1, 0.15) is 16.8 Å². The lowest BCUT2D eigenvalue weighted by atomic mass is 10.0. The van der Waals surface area contributed by atoms with E-state index in [9.17, 15) is 26.4 Å². The number of amides is 2. The summed E-state index contributed by atoms with van der Waals surface area (Å²) >= 11 is 7.01. The summed E-state index contributed by atoms with van der Waals surface area (Å²) in [5, 5.41) is 7.79. The van der Waals surface area contributed by atoms with Crippen molar-refractivity contribution in [3.63, 3.8) is 0 Å². The summed E-state index contributed by atoms with van der Waals surface area (Å²) in [5.74, 6) is 3.94. The number of hydrogen-bond donors (Lipinski definition) is 3. The molecule has 1 aromatic heterocycles. The van der Waals surface area contributed by atoms with Crippen LogP contribution in [-0.4, -0.2) is 47.0 Å². The van der Waals surface area contributed by atoms with Crippen molar-refractivity contribution >= 4 is 54.9 Å². The minimum Gasteiger partial charge on any atom is -0.453 e. The number of alkyl carbamates (subject to hydrolysis) is 1. The molecule has 45 heavy (non-hydrogen) atoms. The summed E-state index contributed by atoms with van der Waals surface area (Å²) in [7, 11) is -6.69. The summed E-state index contributed by atoms with van der Waals surface area (Å²) in [6.07, 6.45) is -0.509. The summed E-state index contributed by atoms with van der Waals surface area (Å²) < 4.78 is 58.8. The molecule has 4 rings (SSSR count). The maximum absolute atomic E-state index is 13.6. The SMILES string of the molecule is COC(=O)N[C@@H](Cc1ccccc1)C(=O)N[C@@H](Cc1ccc(S(=O)(=O)ON)cc1)c1csc(CS(=O)(=O)c2ccc(Cl)cc2)n1. The average molecular weight is 693 g/mol. The lowest BCUT2D eigenvalue weighted by Gasteiger charge is -2.23. The average Bonchev–Trinajstić information content (AvgIpc) is 3.49. The standard InChI is InChI=1S/C29H29ClN4O8S3/c1-41-29(36)34-25(16-19-5-3-2-4-6-19)28(35)33-24(15-20-7-11-23(12-8-20)45(39,40)42-31)26-17-43-27(32-26)18-44(37,38)22-13-9-21(30)10-14-22/h2-14,17,24-25H,15-16,18,31H2,1H3,(H,33,35)(H,34,36)/t24-,25-/m0/s1. The Bertz CT molecular complexity index is 1830. The van der Waals surface area contributed by atoms with Crippen molar-refractivity contribution in [2.75, 3.05) is 7.11 Å². The Labute approximate surface area is 269 Å². The third-order valence-corrected chi connectivity index (χ3v) is 10.6. The van der Waals surface area contributed by atoms with Gasteiger partial charge in [0.2, 0.25) is 5.91 Å². The largest absolute Gasteiger partial charge is 0.453 e. The first kappa shape index (κ1) is 34.0. The van der Waals surface area contributed by atoms with Crippen LogP contribution in [0.15, 0.2) is 94.0 Å². The Kier molecular flexibility index (Phi) is 11.3. The van der Waals surface area contributed by atoms with Gasteiger partial charge in [0.05, 0.1) is 28.6 Å². The number of nitrogens with zero attached hydrogens (tertiary/aromatic N) is 1. The van der Waals surface area contributed by atoms with Crippen LogP contribution < -0.4 is 16.5 Å². The fourth-order valence-electron chi connectivity index (χ4n) is 4.28. The molecule has 0 saturated carbocycles. The van der Waals surface area contributed by atoms with E-state index in [1.807, 2.05) is 18.2 Å². The predicted octanol–water partition coefficient (Wildman–Crippen LogP) is 3.72. The van der Waals surface area contributed by atoms with Gasteiger partial charge in [0, 0.05) is 16.8 Å². The maximum atomic E-state index is 13.6. The molecule has 0 unspecified atom stereocenters. The monoisotopic (exact) mass is 692 g/mol. The van der Waals surface area contributed by atoms with Crippen molar-refractivity contribution in [2.45, 2.75) is 40.5 Å². The molecule has 4 aromatic rings. The lowest BCUT2D eigenvalue weighted by Crippen LogP contribution is -2.49. The van der Waals surface area contributed by atoms with E-state index in [4.69, 9.17) is 22.2 Å². The molecule has 4 N–H and O–H groups in total. The van der Waals surface area contributed by atoms with E-state index in [1.54, 1.807) is 17.5 Å². The molecular weight excluding hydrogens is 664 g/mol. The molecule has 0 aliphatic rings. The molecule has 0 saturated heterocycles. The number of sulfone groups is 1. The second kappa shape index (κ2) is 14.9. The molecule has 12 nitrogen and oxygen atoms in total. The van der Waals surface area contributed by atoms with Gasteiger partial charge < -0.3 is 15.4 Å². The first-order chi connectivity index (χ1) is 21.4. The molecule has 238 valence electrons. The number of carbonyl (C=O) groups is 2. The number of aromatic nitrogens is 1. The van der Waals surface area contributed by atoms with Crippen LogP contribution in [0.4, 0.5) is 4.79 Å². The number of nitrogens with two attached hydrogens (primary N) is 1. The Hall–Kier alpha value is -3.86. The van der Waals surface area contributed by atoms with Gasteiger partial charge >= 0.3 is 16.2 Å². The van der Waals surface area contributed by atoms with Crippen molar-refractivity contribution in [1.82, 2.24) is 15.6 Å². The van der Waals surface area contributed by atoms with Gasteiger partial charge in [-0.3, -0.25) is 4.79 Å². The fraction of sp³-hybridized carbons (Fsp3) is 0.207. The van der Waals surface area contributed by atoms with Crippen LogP contribution in [0.5, 0.6) is 0 Å². The highest BCUT2D eigenvalue weighted by Gasteiger charge is 2.27. The summed E-state index contributed by atoms with van der Waals surface area (Å²) in [4.78, 5) is 30.2. The third kappa shape index (κ3) is 9.32. The molecule has 0 bridgehead atoms. The molecule has 0 spiro atoms. The van der Waals surface area contributed by atoms with Gasteiger partial charge in [-0.2, -0.15) is 18.6 Å². The topological polar surface area (TPSA) is 184 Å². The predicted molar refractivity (Wildman–Crippen MR) is 167 cm³/mol. The van der Waals surface area contributed by atoms with Gasteiger partial charge in [-0.05, 0) is 53.9 Å². The normalized spacial score (nSPS) is 13.0. The quantitative estimate of drug-likeness (QED) is 0.175. The minimum absolute atomic E-state index is 0.0858. The van der Waals surface area contributed by atoms with E-state index in [1.165, 1.54) is 55.6 Å². The van der Waals surface area contributed by atoms with E-state index in [-0.39, 0.29) is 33.4 Å². The van der Waals surface area contributed by atoms with Gasteiger partial charge in [-0.1, -0.05) is 54.1 Å². The zero-order valence-electron chi connectivity index (χ0n) is 23.8. The first-order valence-electron chi connectivity index (χ1n) is 13.2. The number of carbonyl (C=O) groups excluding carboxylic acids is 2. The Morgan fingerprint density at radius 2 is 1.51 bits per heavy atom. The number of benzene rings is 3. The number of ether oxygens (including phenoxy) is 1. The van der Waals surface area contributed by atoms with Crippen molar-refractivity contribution in [3.05, 3.63) is 111 Å². The smallest absolute Gasteiger partial charge is 0.407 e. The first-order valence-corrected chi connectivity index (χ1v) is 17.6. The molecule has 2 amide bonds. The fourth-order valence-corrected chi connectivity index (χ4v) is 7.47. The summed E-state index contributed by atoms with van der Waals surface area (Å²) in [6, 6.07) is 18.7. The van der Waals surface area contributed by atoms with E-state index < -0.39 is 44.0 Å². The van der Waals surface area contributed by atoms with Gasteiger partial charge in [-0.15, -0.1) is 11.3 Å². The van der Waals surface area contributed by atoms with E-state index in [2.05, 4.69) is 19.9 Å². The molecular formula is C29H29ClN4O8S3. The molecule has 3 aromatic carbocycles. The second-order valence-corrected chi connectivity index (χ2v) is 14.7. The Morgan fingerprint density at radius 3 is 2.13 bits per heavy atom. The van der Waals surface area contributed by atoms with Gasteiger partial charge in [-0.25, -0.2) is 18.2 Å². The number of halogens is 1. The zero-order chi connectivity index (χ0) is 32.6. The van der Waals surface area contributed by atoms with Crippen LogP contribution in [-0.2, 0) is 52.4 Å². The molecule has 0 aliphatic carbocycles. The van der Waals surface area contributed by atoms with Crippen molar-refractivity contribution in [1.29, 1.82) is 0 Å². The van der Waals surface area contributed by atoms with Crippen LogP contribution in [0.2, 0.25) is 5.02 Å². The number of thiazole rings is 1. The molecule has 0 radical (unpaired) electrons. The highest BCUT2D eigenvalue weighted by atomic mass is 35.5. The minimum atomic E-state index is -4.13. The van der Waals surface area contributed by atoms with Crippen LogP contribution in [0.3, 0.4) is 0 Å². The van der Waals surface area contributed by atoms with E-state index in [0.717, 1.165) is 16.9 Å². The van der Waals surface area contributed by atoms with E-state index in [0.29, 0.717) is 16.3 Å². The zero-order valence-corrected chi connectivity index (χ0v) is 27.0. The number of methoxy groups -OCH3 is 1. The molecule has 0 aliphatic heterocycles. The van der Waals surface area contributed by atoms with Crippen LogP contribution in [0.25, 0.3) is 0 Å². The highest BCUT2D eigenvalue weighted by molar-refractivity contribution is 7.90. The lowest BCUT2D eigenvalue weighted by molar-refractivity contribution is -0.123. The van der Waals surface area contributed by atoms with E-state index >= 15 is 0 Å². The number of rotatable bonds is 13. The third-order valence-electron chi connectivity index (χ3n) is 6.58. The van der Waals surface area contributed by atoms with Crippen molar-refractivity contribution in [2.24, 2.45) is 5.90 Å². The Balaban J connectivity index is 1.62. The number of nitrogens with one attached hydrogen (secondary N) is 2. The Morgan fingerprint density at radius 1 is 0.889 bits per heavy atom. The van der Waals surface area contributed by atoms with Crippen molar-refractivity contribution < 1.29 is 35.4 Å². The van der Waals surface area contributed by atoms with Crippen LogP contribution in [0.1, 0.15) is 27.9 Å². The molecule has 1 heterocycles. The highest BCUT2D eigenvalue weighted by Crippen LogP contribution is 2.26. The van der Waals surface area contributed by atoms with Gasteiger partial charge in [0.15, 0.2) is 9.84 Å². The summed E-state index contributed by atoms with van der Waals surface area (Å²) in [6.45, 7) is 0. The molecule has 0 fully saturated rings. The number of hydrogen-bond acceptors (Lipinski definition) is 11. The van der Waals surface area contributed by atoms with Crippen molar-refractivity contribution in [3.8, 4) is 0 Å². The van der Waals surface area contributed by atoms with Crippen LogP contribution >= 0.6 is 22.9 Å². The summed E-state index contributed by atoms with van der Waals surface area (Å²) in [5.41, 5.74) is 1.76. The second-order valence-electron chi connectivity index (χ2n) is 9.72. The van der Waals surface area contributed by atoms with Crippen LogP contribution in [0, 0.1) is 0 Å². The molecule has 2 atom stereocenters. The molecule has 16 heteroatoms.